The first-order valence-corrected chi connectivity index (χ1v) is 22.0. The van der Waals surface area contributed by atoms with Crippen molar-refractivity contribution >= 4 is 37.6 Å². The molecular formula is C46H58FN4O11P. The van der Waals surface area contributed by atoms with E-state index in [-0.39, 0.29) is 68.7 Å². The minimum atomic E-state index is -4.27. The molecule has 0 radical (unpaired) electrons. The Bertz CT molecular complexity index is 2110. The molecular weight excluding hydrogens is 834 g/mol. The average molecular weight is 893 g/mol. The number of carbonyl (C=O) groups is 5. The summed E-state index contributed by atoms with van der Waals surface area (Å²) in [5, 5.41) is 7.82. The molecule has 3 unspecified atom stereocenters. The normalized spacial score (nSPS) is 13.7. The first-order valence-electron chi connectivity index (χ1n) is 20.6. The number of nitrogens with one attached hydrogen (secondary N) is 3. The minimum absolute atomic E-state index is 0.0592. The number of primary amides is 1. The van der Waals surface area contributed by atoms with Crippen LogP contribution >= 0.6 is 7.82 Å². The second-order valence-corrected chi connectivity index (χ2v) is 17.9. The van der Waals surface area contributed by atoms with E-state index in [4.69, 9.17) is 28.8 Å². The van der Waals surface area contributed by atoms with E-state index >= 15 is 0 Å². The van der Waals surface area contributed by atoms with Crippen LogP contribution in [-0.4, -0.2) is 73.3 Å². The van der Waals surface area contributed by atoms with Gasteiger partial charge in [0.1, 0.15) is 42.8 Å². The first-order chi connectivity index (χ1) is 29.9. The Hall–Kier alpha value is -5.83. The molecule has 0 fully saturated rings. The Morgan fingerprint density at radius 2 is 1.41 bits per heavy atom. The molecule has 5 N–H and O–H groups in total. The van der Waals surface area contributed by atoms with Gasteiger partial charge in [-0.25, -0.2) is 13.8 Å². The summed E-state index contributed by atoms with van der Waals surface area (Å²) in [4.78, 5) is 67.0. The monoisotopic (exact) mass is 892 g/mol. The predicted molar refractivity (Wildman–Crippen MR) is 235 cm³/mol. The zero-order chi connectivity index (χ0) is 46.3. The maximum atomic E-state index is 14.5. The van der Waals surface area contributed by atoms with Crippen LogP contribution in [0.2, 0.25) is 0 Å². The molecule has 63 heavy (non-hydrogen) atoms. The van der Waals surface area contributed by atoms with E-state index in [1.54, 1.807) is 20.8 Å². The third kappa shape index (κ3) is 14.9. The topological polar surface area (TPSA) is 211 Å². The summed E-state index contributed by atoms with van der Waals surface area (Å²) in [6.07, 6.45) is 1.05. The number of amides is 4. The fourth-order valence-electron chi connectivity index (χ4n) is 6.86. The van der Waals surface area contributed by atoms with Crippen molar-refractivity contribution in [2.75, 3.05) is 19.8 Å². The van der Waals surface area contributed by atoms with Gasteiger partial charge in [0.2, 0.25) is 17.7 Å². The standard InChI is InChI=1S/C46H58FN4O11P/c1-8-22-59-63(57,60-23-9-2)62-40-20-18-30(25-31(40)27-47)26-39(44(55)49-38(42(48)53)24-29(3)4)50-43(54)37(19-21-41(52)61-46(5,6)7)51-45(56)58-28-36-34-16-12-10-14-32(34)33-15-11-13-17-35(33)36/h8-18,20,25,29,36-39H,1-2,19,21-24,26-28H2,3-7H3,(H2,48,53)(H,49,55)(H,50,54)(H,51,56). The minimum Gasteiger partial charge on any atom is -0.460 e. The molecule has 1 aliphatic rings. The largest absolute Gasteiger partial charge is 0.530 e. The van der Waals surface area contributed by atoms with Crippen LogP contribution < -0.4 is 26.2 Å². The van der Waals surface area contributed by atoms with Crippen molar-refractivity contribution in [3.63, 3.8) is 0 Å². The smallest absolute Gasteiger partial charge is 0.460 e. The number of hydrogen-bond donors (Lipinski definition) is 4. The number of alkyl carbamates (subject to hydrolysis) is 1. The van der Waals surface area contributed by atoms with E-state index in [1.165, 1.54) is 30.4 Å². The van der Waals surface area contributed by atoms with E-state index in [9.17, 15) is 32.9 Å². The molecule has 0 spiro atoms. The molecule has 3 atom stereocenters. The number of alkyl halides is 1. The highest BCUT2D eigenvalue weighted by molar-refractivity contribution is 7.48. The van der Waals surface area contributed by atoms with Crippen LogP contribution in [0.1, 0.15) is 82.1 Å². The lowest BCUT2D eigenvalue weighted by Crippen LogP contribution is -2.57. The second kappa shape index (κ2) is 23.0. The SMILES string of the molecule is C=CCOP(=O)(OCC=C)Oc1ccc(CC(NC(=O)C(CCC(=O)OC(C)(C)C)NC(=O)OCC2c3ccccc3-c3ccccc32)C(=O)NC(CC(C)C)C(N)=O)cc1CF. The van der Waals surface area contributed by atoms with E-state index in [0.29, 0.717) is 5.56 Å². The van der Waals surface area contributed by atoms with Crippen molar-refractivity contribution < 1.29 is 56.0 Å². The molecule has 1 aliphatic carbocycles. The number of fused-ring (bicyclic) bond motifs is 3. The van der Waals surface area contributed by atoms with Gasteiger partial charge in [0.15, 0.2) is 0 Å². The third-order valence-corrected chi connectivity index (χ3v) is 11.0. The molecule has 0 aromatic heterocycles. The number of nitrogens with two attached hydrogens (primary N) is 1. The number of phosphoric acid groups is 1. The molecule has 340 valence electrons. The predicted octanol–water partition coefficient (Wildman–Crippen LogP) is 7.12. The van der Waals surface area contributed by atoms with Crippen LogP contribution in [0.15, 0.2) is 92.0 Å². The van der Waals surface area contributed by atoms with Gasteiger partial charge >= 0.3 is 19.9 Å². The molecule has 0 saturated carbocycles. The second-order valence-electron chi connectivity index (χ2n) is 16.3. The Morgan fingerprint density at radius 1 is 0.841 bits per heavy atom. The lowest BCUT2D eigenvalue weighted by atomic mass is 9.98. The first kappa shape index (κ1) is 49.8. The molecule has 3 aromatic rings. The number of halogens is 1. The molecule has 3 aromatic carbocycles. The van der Waals surface area contributed by atoms with Crippen molar-refractivity contribution in [2.24, 2.45) is 11.7 Å². The van der Waals surface area contributed by atoms with Crippen LogP contribution in [-0.2, 0) is 55.4 Å². The summed E-state index contributed by atoms with van der Waals surface area (Å²) in [6.45, 7) is 14.2. The zero-order valence-electron chi connectivity index (χ0n) is 36.4. The van der Waals surface area contributed by atoms with Gasteiger partial charge in [0, 0.05) is 24.3 Å². The Morgan fingerprint density at radius 3 is 1.95 bits per heavy atom. The van der Waals surface area contributed by atoms with Gasteiger partial charge in [-0.15, -0.1) is 13.2 Å². The van der Waals surface area contributed by atoms with Crippen LogP contribution in [0.25, 0.3) is 11.1 Å². The molecule has 0 heterocycles. The molecule has 15 nitrogen and oxygen atoms in total. The van der Waals surface area contributed by atoms with Crippen molar-refractivity contribution in [3.8, 4) is 16.9 Å². The van der Waals surface area contributed by atoms with E-state index in [2.05, 4.69) is 29.1 Å². The maximum Gasteiger partial charge on any atom is 0.530 e. The van der Waals surface area contributed by atoms with Crippen molar-refractivity contribution in [2.45, 2.75) is 96.6 Å². The van der Waals surface area contributed by atoms with Crippen LogP contribution in [0.3, 0.4) is 0 Å². The summed E-state index contributed by atoms with van der Waals surface area (Å²) >= 11 is 0. The van der Waals surface area contributed by atoms with Crippen molar-refractivity contribution in [1.82, 2.24) is 16.0 Å². The highest BCUT2D eigenvalue weighted by Gasteiger charge is 2.34. The number of benzene rings is 3. The van der Waals surface area contributed by atoms with Crippen LogP contribution in [0.5, 0.6) is 5.75 Å². The number of esters is 1. The molecule has 0 bridgehead atoms. The molecule has 4 rings (SSSR count). The number of hydrogen-bond acceptors (Lipinski definition) is 11. The highest BCUT2D eigenvalue weighted by atomic mass is 31.2. The molecule has 0 saturated heterocycles. The van der Waals surface area contributed by atoms with Gasteiger partial charge in [-0.3, -0.25) is 28.2 Å². The number of phosphoric ester groups is 1. The Kier molecular flexibility index (Phi) is 18.2. The fraction of sp³-hybridized carbons (Fsp3) is 0.413. The highest BCUT2D eigenvalue weighted by Crippen LogP contribution is 2.50. The summed E-state index contributed by atoms with van der Waals surface area (Å²) in [7, 11) is -4.27. The number of ether oxygens (including phenoxy) is 2. The zero-order valence-corrected chi connectivity index (χ0v) is 37.3. The molecule has 0 aliphatic heterocycles. The van der Waals surface area contributed by atoms with Gasteiger partial charge in [-0.05, 0) is 79.5 Å². The lowest BCUT2D eigenvalue weighted by molar-refractivity contribution is -0.155. The van der Waals surface area contributed by atoms with Gasteiger partial charge in [0.25, 0.3) is 0 Å². The summed E-state index contributed by atoms with van der Waals surface area (Å²) in [5.74, 6) is -3.67. The van der Waals surface area contributed by atoms with Crippen LogP contribution in [0.4, 0.5) is 9.18 Å². The summed E-state index contributed by atoms with van der Waals surface area (Å²) < 4.78 is 55.0. The fourth-order valence-corrected chi connectivity index (χ4v) is 8.04. The Balaban J connectivity index is 1.62. The summed E-state index contributed by atoms with van der Waals surface area (Å²) in [6, 6.07) is 15.6. The molecule has 4 amide bonds. The van der Waals surface area contributed by atoms with Gasteiger partial charge in [-0.1, -0.05) is 80.6 Å². The summed E-state index contributed by atoms with van der Waals surface area (Å²) in [5.41, 5.74) is 8.99. The van der Waals surface area contributed by atoms with E-state index < -0.39 is 68.0 Å². The van der Waals surface area contributed by atoms with Gasteiger partial charge in [0.05, 0.1) is 13.2 Å². The Labute approximate surface area is 367 Å². The number of rotatable bonds is 24. The maximum absolute atomic E-state index is 14.5. The van der Waals surface area contributed by atoms with Gasteiger partial charge in [-0.2, -0.15) is 0 Å². The van der Waals surface area contributed by atoms with Crippen LogP contribution in [0, 0.1) is 5.92 Å². The quantitative estimate of drug-likeness (QED) is 0.0404. The average Bonchev–Trinajstić information content (AvgIpc) is 3.55. The van der Waals surface area contributed by atoms with Crippen molar-refractivity contribution in [3.05, 3.63) is 114 Å². The van der Waals surface area contributed by atoms with Crippen molar-refractivity contribution in [1.29, 1.82) is 0 Å². The van der Waals surface area contributed by atoms with E-state index in [0.717, 1.165) is 22.3 Å². The molecule has 17 heteroatoms. The van der Waals surface area contributed by atoms with E-state index in [1.807, 2.05) is 62.4 Å². The third-order valence-electron chi connectivity index (χ3n) is 9.63. The van der Waals surface area contributed by atoms with Gasteiger partial charge < -0.3 is 35.7 Å². The number of carbonyl (C=O) groups excluding carboxylic acids is 5. The lowest BCUT2D eigenvalue weighted by Gasteiger charge is -2.26.